The van der Waals surface area contributed by atoms with Crippen molar-refractivity contribution in [3.63, 3.8) is 0 Å². The summed E-state index contributed by atoms with van der Waals surface area (Å²) in [4.78, 5) is 14.6. The summed E-state index contributed by atoms with van der Waals surface area (Å²) in [6.45, 7) is 3.59. The van der Waals surface area contributed by atoms with Gasteiger partial charge in [0.05, 0.1) is 21.7 Å². The molecule has 0 N–H and O–H groups in total. The van der Waals surface area contributed by atoms with Gasteiger partial charge in [-0.15, -0.1) is 0 Å². The summed E-state index contributed by atoms with van der Waals surface area (Å²) in [5.74, 6) is 0.421. The second kappa shape index (κ2) is 6.28. The number of ether oxygens (including phenoxy) is 1. The number of nitro benzene ring substituents is 1. The predicted molar refractivity (Wildman–Crippen MR) is 81.2 cm³/mol. The molecule has 2 aromatic rings. The van der Waals surface area contributed by atoms with Crippen LogP contribution in [0.4, 0.5) is 5.69 Å². The van der Waals surface area contributed by atoms with E-state index in [0.29, 0.717) is 27.2 Å². The molecule has 0 aliphatic carbocycles. The molecule has 7 heteroatoms. The molecule has 110 valence electrons. The average molecular weight is 327 g/mol. The molecule has 5 nitrogen and oxygen atoms in total. The highest BCUT2D eigenvalue weighted by Crippen LogP contribution is 2.29. The predicted octanol–water partition coefficient (Wildman–Crippen LogP) is 4.49. The van der Waals surface area contributed by atoms with Gasteiger partial charge in [0.15, 0.2) is 0 Å². The number of hydrogen-bond acceptors (Lipinski definition) is 4. The van der Waals surface area contributed by atoms with Gasteiger partial charge in [0.25, 0.3) is 5.69 Å². The summed E-state index contributed by atoms with van der Waals surface area (Å²) in [6.07, 6.45) is 0. The van der Waals surface area contributed by atoms with Gasteiger partial charge in [-0.3, -0.25) is 10.1 Å². The molecule has 2 rings (SSSR count). The largest absolute Gasteiger partial charge is 0.487 e. The van der Waals surface area contributed by atoms with Crippen LogP contribution in [0.15, 0.2) is 24.3 Å². The van der Waals surface area contributed by atoms with Crippen molar-refractivity contribution in [3.8, 4) is 5.75 Å². The van der Waals surface area contributed by atoms with Crippen LogP contribution in [0, 0.1) is 24.0 Å². The van der Waals surface area contributed by atoms with Crippen molar-refractivity contribution in [1.82, 2.24) is 4.98 Å². The number of pyridine rings is 1. The third-order valence-corrected chi connectivity index (χ3v) is 3.49. The van der Waals surface area contributed by atoms with Crippen molar-refractivity contribution in [3.05, 3.63) is 61.4 Å². The second-order valence-electron chi connectivity index (χ2n) is 4.51. The Morgan fingerprint density at radius 3 is 2.62 bits per heavy atom. The molecule has 0 bridgehead atoms. The van der Waals surface area contributed by atoms with Gasteiger partial charge in [-0.25, -0.2) is 4.98 Å². The van der Waals surface area contributed by atoms with E-state index in [1.54, 1.807) is 25.1 Å². The maximum Gasteiger partial charge on any atom is 0.276 e. The highest BCUT2D eigenvalue weighted by Gasteiger charge is 2.15. The first-order chi connectivity index (χ1) is 9.88. The number of aromatic nitrogens is 1. The maximum atomic E-state index is 11.0. The van der Waals surface area contributed by atoms with Crippen molar-refractivity contribution in [2.75, 3.05) is 0 Å². The molecule has 21 heavy (non-hydrogen) atoms. The van der Waals surface area contributed by atoms with Crippen LogP contribution in [0.5, 0.6) is 5.75 Å². The van der Waals surface area contributed by atoms with Gasteiger partial charge in [0.1, 0.15) is 17.5 Å². The first-order valence-electron chi connectivity index (χ1n) is 6.08. The van der Waals surface area contributed by atoms with Crippen LogP contribution in [-0.2, 0) is 6.61 Å². The molecule has 0 aliphatic rings. The van der Waals surface area contributed by atoms with Crippen LogP contribution in [-0.4, -0.2) is 9.91 Å². The Bertz CT molecular complexity index is 705. The summed E-state index contributed by atoms with van der Waals surface area (Å²) < 4.78 is 5.59. The second-order valence-corrected chi connectivity index (χ2v) is 5.31. The number of halogens is 2. The zero-order valence-electron chi connectivity index (χ0n) is 11.4. The first-order valence-corrected chi connectivity index (χ1v) is 6.83. The molecule has 0 spiro atoms. The lowest BCUT2D eigenvalue weighted by Gasteiger charge is -2.11. The molecule has 0 atom stereocenters. The van der Waals surface area contributed by atoms with E-state index in [1.807, 2.05) is 6.92 Å². The topological polar surface area (TPSA) is 65.3 Å². The highest BCUT2D eigenvalue weighted by atomic mass is 35.5. The summed E-state index contributed by atoms with van der Waals surface area (Å²) in [5.41, 5.74) is 1.88. The van der Waals surface area contributed by atoms with Crippen LogP contribution >= 0.6 is 23.2 Å². The van der Waals surface area contributed by atoms with Gasteiger partial charge in [-0.2, -0.15) is 0 Å². The Morgan fingerprint density at radius 2 is 1.95 bits per heavy atom. The molecule has 0 unspecified atom stereocenters. The van der Waals surface area contributed by atoms with E-state index < -0.39 is 4.92 Å². The quantitative estimate of drug-likeness (QED) is 0.471. The normalized spacial score (nSPS) is 10.5. The van der Waals surface area contributed by atoms with E-state index in [-0.39, 0.29) is 12.3 Å². The molecule has 0 saturated carbocycles. The minimum atomic E-state index is -0.438. The molecule has 1 aromatic carbocycles. The lowest BCUT2D eigenvalue weighted by atomic mass is 10.1. The Labute approximate surface area is 131 Å². The van der Waals surface area contributed by atoms with E-state index in [9.17, 15) is 10.1 Å². The molecule has 1 aromatic heterocycles. The minimum Gasteiger partial charge on any atom is -0.487 e. The fourth-order valence-electron chi connectivity index (χ4n) is 1.88. The van der Waals surface area contributed by atoms with Gasteiger partial charge < -0.3 is 4.74 Å². The molecular formula is C14H12Cl2N2O3. The van der Waals surface area contributed by atoms with E-state index in [1.165, 1.54) is 6.07 Å². The third-order valence-electron chi connectivity index (χ3n) is 2.94. The first kappa shape index (κ1) is 15.5. The zero-order chi connectivity index (χ0) is 15.6. The van der Waals surface area contributed by atoms with Crippen LogP contribution in [0.2, 0.25) is 10.2 Å². The lowest BCUT2D eigenvalue weighted by Crippen LogP contribution is -2.02. The highest BCUT2D eigenvalue weighted by molar-refractivity contribution is 6.32. The minimum absolute atomic E-state index is 0.0146. The molecule has 0 fully saturated rings. The van der Waals surface area contributed by atoms with Gasteiger partial charge in [-0.1, -0.05) is 23.2 Å². The molecule has 0 aliphatic heterocycles. The Kier molecular flexibility index (Phi) is 4.65. The molecular weight excluding hydrogens is 315 g/mol. The molecule has 0 radical (unpaired) electrons. The van der Waals surface area contributed by atoms with Crippen molar-refractivity contribution in [2.45, 2.75) is 20.5 Å². The van der Waals surface area contributed by atoms with E-state index >= 15 is 0 Å². The fourth-order valence-corrected chi connectivity index (χ4v) is 2.20. The van der Waals surface area contributed by atoms with Crippen molar-refractivity contribution >= 4 is 28.9 Å². The number of benzene rings is 1. The fraction of sp³-hybridized carbons (Fsp3) is 0.214. The van der Waals surface area contributed by atoms with E-state index in [4.69, 9.17) is 27.9 Å². The number of hydrogen-bond donors (Lipinski definition) is 0. The van der Waals surface area contributed by atoms with Crippen molar-refractivity contribution in [1.29, 1.82) is 0 Å². The van der Waals surface area contributed by atoms with Crippen LogP contribution in [0.25, 0.3) is 0 Å². The van der Waals surface area contributed by atoms with E-state index in [2.05, 4.69) is 4.98 Å². The van der Waals surface area contributed by atoms with Crippen LogP contribution in [0.3, 0.4) is 0 Å². The maximum absolute atomic E-state index is 11.0. The molecule has 1 heterocycles. The Hall–Kier alpha value is -1.85. The van der Waals surface area contributed by atoms with E-state index in [0.717, 1.165) is 5.56 Å². The van der Waals surface area contributed by atoms with Crippen LogP contribution in [0.1, 0.15) is 16.8 Å². The smallest absolute Gasteiger partial charge is 0.276 e. The Morgan fingerprint density at radius 1 is 1.24 bits per heavy atom. The number of rotatable bonds is 4. The lowest BCUT2D eigenvalue weighted by molar-refractivity contribution is -0.385. The molecule has 0 saturated heterocycles. The summed E-state index contributed by atoms with van der Waals surface area (Å²) in [6, 6.07) is 6.32. The average Bonchev–Trinajstić information content (AvgIpc) is 2.41. The summed E-state index contributed by atoms with van der Waals surface area (Å²) in [5, 5.41) is 11.7. The van der Waals surface area contributed by atoms with Gasteiger partial charge in [0, 0.05) is 5.56 Å². The Balaban J connectivity index is 2.25. The summed E-state index contributed by atoms with van der Waals surface area (Å²) >= 11 is 11.8. The number of aryl methyl sites for hydroxylation is 2. The number of nitrogens with zero attached hydrogens (tertiary/aromatic N) is 2. The van der Waals surface area contributed by atoms with Crippen molar-refractivity contribution < 1.29 is 9.66 Å². The van der Waals surface area contributed by atoms with Gasteiger partial charge >= 0.3 is 0 Å². The van der Waals surface area contributed by atoms with Crippen LogP contribution < -0.4 is 4.74 Å². The number of nitro groups is 1. The standard InChI is InChI=1S/C14H12Cl2N2O3/c1-8-5-9(2)13(6-12(8)18(19)20)21-7-11-10(15)3-4-14(16)17-11/h3-6H,7H2,1-2H3. The zero-order valence-corrected chi connectivity index (χ0v) is 12.9. The van der Waals surface area contributed by atoms with Crippen molar-refractivity contribution in [2.24, 2.45) is 0 Å². The third kappa shape index (κ3) is 3.62. The van der Waals surface area contributed by atoms with Gasteiger partial charge in [0.2, 0.25) is 0 Å². The molecule has 0 amide bonds. The van der Waals surface area contributed by atoms with Gasteiger partial charge in [-0.05, 0) is 37.6 Å². The summed E-state index contributed by atoms with van der Waals surface area (Å²) in [7, 11) is 0. The SMILES string of the molecule is Cc1cc(C)c([N+](=O)[O-])cc1OCc1nc(Cl)ccc1Cl. The monoisotopic (exact) mass is 326 g/mol.